The van der Waals surface area contributed by atoms with Gasteiger partial charge in [0.05, 0.1) is 4.90 Å². The van der Waals surface area contributed by atoms with E-state index >= 15 is 0 Å². The second kappa shape index (κ2) is 5.09. The third-order valence-corrected chi connectivity index (χ3v) is 4.12. The minimum absolute atomic E-state index is 0.341. The zero-order valence-corrected chi connectivity index (χ0v) is 12.2. The van der Waals surface area contributed by atoms with E-state index < -0.39 is 9.84 Å². The number of aromatic nitrogens is 1. The Bertz CT molecular complexity index is 687. The van der Waals surface area contributed by atoms with Crippen LogP contribution >= 0.6 is 0 Å². The first-order valence-electron chi connectivity index (χ1n) is 6.02. The fraction of sp³-hybridized carbons (Fsp3) is 0.286. The standard InChI is InChI=1S/C14H18N2O2S/c1-11-4-5-13(19(3,17)18)8-14(11)15-9-12-6-7-16(2)10-12/h4-8,10,15H,9H2,1-3H3. The zero-order valence-electron chi connectivity index (χ0n) is 11.3. The van der Waals surface area contributed by atoms with Gasteiger partial charge in [0.1, 0.15) is 0 Å². The second-order valence-corrected chi connectivity index (χ2v) is 6.80. The zero-order chi connectivity index (χ0) is 14.0. The monoisotopic (exact) mass is 278 g/mol. The van der Waals surface area contributed by atoms with Crippen LogP contribution in [-0.4, -0.2) is 19.2 Å². The number of anilines is 1. The number of aryl methyl sites for hydroxylation is 2. The Balaban J connectivity index is 2.20. The lowest BCUT2D eigenvalue weighted by molar-refractivity contribution is 0.602. The highest BCUT2D eigenvalue weighted by Gasteiger charge is 2.09. The van der Waals surface area contributed by atoms with Crippen LogP contribution in [0, 0.1) is 6.92 Å². The molecule has 1 heterocycles. The van der Waals surface area contributed by atoms with Gasteiger partial charge < -0.3 is 9.88 Å². The maximum absolute atomic E-state index is 11.5. The van der Waals surface area contributed by atoms with Gasteiger partial charge in [-0.15, -0.1) is 0 Å². The molecule has 4 nitrogen and oxygen atoms in total. The molecule has 5 heteroatoms. The number of benzene rings is 1. The molecule has 1 aromatic heterocycles. The highest BCUT2D eigenvalue weighted by Crippen LogP contribution is 2.20. The molecule has 1 aromatic carbocycles. The second-order valence-electron chi connectivity index (χ2n) is 4.79. The van der Waals surface area contributed by atoms with Crippen LogP contribution < -0.4 is 5.32 Å². The third kappa shape index (κ3) is 3.38. The molecule has 0 atom stereocenters. The van der Waals surface area contributed by atoms with Crippen LogP contribution in [-0.2, 0) is 23.4 Å². The van der Waals surface area contributed by atoms with Gasteiger partial charge in [0.25, 0.3) is 0 Å². The number of sulfone groups is 1. The van der Waals surface area contributed by atoms with E-state index in [0.717, 1.165) is 16.8 Å². The van der Waals surface area contributed by atoms with Crippen LogP contribution in [0.2, 0.25) is 0 Å². The lowest BCUT2D eigenvalue weighted by atomic mass is 10.2. The van der Waals surface area contributed by atoms with E-state index in [4.69, 9.17) is 0 Å². The molecule has 102 valence electrons. The summed E-state index contributed by atoms with van der Waals surface area (Å²) in [5.41, 5.74) is 3.04. The first kappa shape index (κ1) is 13.7. The molecule has 0 fully saturated rings. The molecule has 1 N–H and O–H groups in total. The predicted octanol–water partition coefficient (Wildman–Crippen LogP) is 2.35. The van der Waals surface area contributed by atoms with Gasteiger partial charge in [-0.1, -0.05) is 6.07 Å². The summed E-state index contributed by atoms with van der Waals surface area (Å²) in [6, 6.07) is 7.18. The Kier molecular flexibility index (Phi) is 3.66. The number of hydrogen-bond acceptors (Lipinski definition) is 3. The molecule has 0 saturated carbocycles. The third-order valence-electron chi connectivity index (χ3n) is 3.01. The smallest absolute Gasteiger partial charge is 0.175 e. The lowest BCUT2D eigenvalue weighted by Crippen LogP contribution is -2.03. The van der Waals surface area contributed by atoms with E-state index in [9.17, 15) is 8.42 Å². The van der Waals surface area contributed by atoms with Gasteiger partial charge in [-0.3, -0.25) is 0 Å². The highest BCUT2D eigenvalue weighted by molar-refractivity contribution is 7.90. The van der Waals surface area contributed by atoms with Crippen molar-refractivity contribution < 1.29 is 8.42 Å². The van der Waals surface area contributed by atoms with Crippen LogP contribution in [0.1, 0.15) is 11.1 Å². The van der Waals surface area contributed by atoms with Crippen LogP contribution in [0.5, 0.6) is 0 Å². The molecule has 0 radical (unpaired) electrons. The Morgan fingerprint density at radius 3 is 2.58 bits per heavy atom. The van der Waals surface area contributed by atoms with Crippen molar-refractivity contribution in [3.05, 3.63) is 47.8 Å². The van der Waals surface area contributed by atoms with Gasteiger partial charge >= 0.3 is 0 Å². The van der Waals surface area contributed by atoms with E-state index in [1.165, 1.54) is 6.26 Å². The minimum Gasteiger partial charge on any atom is -0.381 e. The van der Waals surface area contributed by atoms with Gasteiger partial charge in [0, 0.05) is 37.9 Å². The molecular weight excluding hydrogens is 260 g/mol. The van der Waals surface area contributed by atoms with E-state index in [2.05, 4.69) is 5.32 Å². The minimum atomic E-state index is -3.17. The Hall–Kier alpha value is -1.75. The normalized spacial score (nSPS) is 11.5. The summed E-state index contributed by atoms with van der Waals surface area (Å²) >= 11 is 0. The highest BCUT2D eigenvalue weighted by atomic mass is 32.2. The van der Waals surface area contributed by atoms with Crippen LogP contribution in [0.25, 0.3) is 0 Å². The Morgan fingerprint density at radius 1 is 1.26 bits per heavy atom. The average Bonchev–Trinajstić information content (AvgIpc) is 2.72. The number of nitrogens with zero attached hydrogens (tertiary/aromatic N) is 1. The van der Waals surface area contributed by atoms with Crippen molar-refractivity contribution >= 4 is 15.5 Å². The van der Waals surface area contributed by atoms with E-state index in [1.807, 2.05) is 43.1 Å². The van der Waals surface area contributed by atoms with E-state index in [1.54, 1.807) is 12.1 Å². The summed E-state index contributed by atoms with van der Waals surface area (Å²) in [6.07, 6.45) is 5.23. The molecule has 0 saturated heterocycles. The molecule has 0 aliphatic carbocycles. The van der Waals surface area contributed by atoms with Crippen molar-refractivity contribution in [3.8, 4) is 0 Å². The topological polar surface area (TPSA) is 51.1 Å². The van der Waals surface area contributed by atoms with Gasteiger partial charge in [-0.2, -0.15) is 0 Å². The van der Waals surface area contributed by atoms with Crippen molar-refractivity contribution in [2.45, 2.75) is 18.4 Å². The molecule has 0 aliphatic rings. The molecule has 0 aliphatic heterocycles. The fourth-order valence-electron chi connectivity index (χ4n) is 1.88. The molecule has 2 rings (SSSR count). The fourth-order valence-corrected chi connectivity index (χ4v) is 2.53. The summed E-state index contributed by atoms with van der Waals surface area (Å²) in [4.78, 5) is 0.341. The van der Waals surface area contributed by atoms with Crippen LogP contribution in [0.15, 0.2) is 41.6 Å². The average molecular weight is 278 g/mol. The summed E-state index contributed by atoms with van der Waals surface area (Å²) in [6.45, 7) is 2.63. The van der Waals surface area contributed by atoms with E-state index in [0.29, 0.717) is 11.4 Å². The van der Waals surface area contributed by atoms with Crippen LogP contribution in [0.4, 0.5) is 5.69 Å². The molecule has 0 amide bonds. The summed E-state index contributed by atoms with van der Waals surface area (Å²) in [5, 5.41) is 3.28. The Labute approximate surface area is 114 Å². The van der Waals surface area contributed by atoms with Crippen LogP contribution in [0.3, 0.4) is 0 Å². The Morgan fingerprint density at radius 2 is 2.00 bits per heavy atom. The van der Waals surface area contributed by atoms with Crippen molar-refractivity contribution in [3.63, 3.8) is 0 Å². The predicted molar refractivity (Wildman–Crippen MR) is 77.0 cm³/mol. The number of nitrogens with one attached hydrogen (secondary N) is 1. The molecule has 19 heavy (non-hydrogen) atoms. The summed E-state index contributed by atoms with van der Waals surface area (Å²) < 4.78 is 25.1. The molecule has 0 bridgehead atoms. The molecule has 0 spiro atoms. The van der Waals surface area contributed by atoms with Crippen molar-refractivity contribution in [1.82, 2.24) is 4.57 Å². The molecule has 0 unspecified atom stereocenters. The van der Waals surface area contributed by atoms with Crippen molar-refractivity contribution in [1.29, 1.82) is 0 Å². The summed E-state index contributed by atoms with van der Waals surface area (Å²) in [5.74, 6) is 0. The van der Waals surface area contributed by atoms with E-state index in [-0.39, 0.29) is 0 Å². The maximum Gasteiger partial charge on any atom is 0.175 e. The van der Waals surface area contributed by atoms with Crippen molar-refractivity contribution in [2.75, 3.05) is 11.6 Å². The maximum atomic E-state index is 11.5. The largest absolute Gasteiger partial charge is 0.381 e. The van der Waals surface area contributed by atoms with Gasteiger partial charge in [0.15, 0.2) is 9.84 Å². The lowest BCUT2D eigenvalue weighted by Gasteiger charge is -2.10. The number of rotatable bonds is 4. The first-order valence-corrected chi connectivity index (χ1v) is 7.91. The van der Waals surface area contributed by atoms with Gasteiger partial charge in [-0.25, -0.2) is 8.42 Å². The first-order chi connectivity index (χ1) is 8.86. The van der Waals surface area contributed by atoms with Gasteiger partial charge in [-0.05, 0) is 36.2 Å². The quantitative estimate of drug-likeness (QED) is 0.934. The summed E-state index contributed by atoms with van der Waals surface area (Å²) in [7, 11) is -1.19. The van der Waals surface area contributed by atoms with Gasteiger partial charge in [0.2, 0.25) is 0 Å². The van der Waals surface area contributed by atoms with Crippen molar-refractivity contribution in [2.24, 2.45) is 7.05 Å². The number of hydrogen-bond donors (Lipinski definition) is 1. The molecular formula is C14H18N2O2S. The SMILES string of the molecule is Cc1ccc(S(C)(=O)=O)cc1NCc1ccn(C)c1. The molecule has 2 aromatic rings.